The maximum absolute atomic E-state index is 15.4. The van der Waals surface area contributed by atoms with Gasteiger partial charge in [-0.05, 0) is 111 Å². The summed E-state index contributed by atoms with van der Waals surface area (Å²) in [4.78, 5) is 0. The largest absolute Gasteiger partial charge is 0.490 e. The molecule has 0 amide bonds. The zero-order valence-electron chi connectivity index (χ0n) is 19.7. The van der Waals surface area contributed by atoms with Gasteiger partial charge in [0.25, 0.3) is 0 Å². The fourth-order valence-electron chi connectivity index (χ4n) is 6.14. The van der Waals surface area contributed by atoms with Crippen LogP contribution in [-0.2, 0) is 0 Å². The van der Waals surface area contributed by atoms with Gasteiger partial charge in [-0.15, -0.1) is 6.58 Å². The Morgan fingerprint density at radius 3 is 2.38 bits per heavy atom. The molecule has 0 radical (unpaired) electrons. The van der Waals surface area contributed by atoms with Gasteiger partial charge >= 0.3 is 0 Å². The highest BCUT2D eigenvalue weighted by atomic mass is 19.1. The molecule has 2 fully saturated rings. The van der Waals surface area contributed by atoms with Gasteiger partial charge in [0.15, 0.2) is 0 Å². The first kappa shape index (κ1) is 23.1. The summed E-state index contributed by atoms with van der Waals surface area (Å²) in [7, 11) is 0. The average molecular weight is 435 g/mol. The van der Waals surface area contributed by atoms with Gasteiger partial charge in [0.2, 0.25) is 0 Å². The van der Waals surface area contributed by atoms with Crippen LogP contribution >= 0.6 is 0 Å². The third-order valence-electron chi connectivity index (χ3n) is 8.09. The number of fused-ring (bicyclic) bond motifs is 1. The summed E-state index contributed by atoms with van der Waals surface area (Å²) in [5.41, 5.74) is 0.923. The summed E-state index contributed by atoms with van der Waals surface area (Å²) in [6.45, 7) is 6.39. The van der Waals surface area contributed by atoms with Crippen molar-refractivity contribution in [2.75, 3.05) is 6.61 Å². The van der Waals surface area contributed by atoms with Crippen molar-refractivity contribution in [3.63, 3.8) is 0 Å². The smallest absolute Gasteiger partial charge is 0.134 e. The van der Waals surface area contributed by atoms with Crippen LogP contribution in [-0.4, -0.2) is 6.61 Å². The maximum atomic E-state index is 15.4. The first-order valence-corrected chi connectivity index (χ1v) is 12.8. The Morgan fingerprint density at radius 1 is 0.969 bits per heavy atom. The lowest BCUT2D eigenvalue weighted by Gasteiger charge is -2.38. The van der Waals surface area contributed by atoms with E-state index in [1.807, 2.05) is 43.3 Å². The lowest BCUT2D eigenvalue weighted by Crippen LogP contribution is -2.25. The highest BCUT2D eigenvalue weighted by Gasteiger charge is 2.32. The fraction of sp³-hybridized carbons (Fsp3) is 0.533. The van der Waals surface area contributed by atoms with E-state index in [1.54, 1.807) is 0 Å². The van der Waals surface area contributed by atoms with Crippen LogP contribution in [0, 0.1) is 23.6 Å². The van der Waals surface area contributed by atoms with E-state index in [9.17, 15) is 0 Å². The van der Waals surface area contributed by atoms with Crippen LogP contribution in [0.5, 0.6) is 5.75 Å². The molecule has 2 aromatic carbocycles. The molecular weight excluding hydrogens is 395 g/mol. The summed E-state index contributed by atoms with van der Waals surface area (Å²) in [6, 6.07) is 9.83. The van der Waals surface area contributed by atoms with E-state index in [2.05, 4.69) is 18.7 Å². The molecule has 2 aromatic rings. The first-order chi connectivity index (χ1) is 15.7. The molecular formula is C30H39FO. The molecule has 0 N–H and O–H groups in total. The lowest BCUT2D eigenvalue weighted by molar-refractivity contribution is 0.156. The quantitative estimate of drug-likeness (QED) is 0.377. The maximum Gasteiger partial charge on any atom is 0.134 e. The molecule has 172 valence electrons. The standard InChI is InChI=1S/C30H39FO/c1-3-5-7-22-8-10-23(11-9-22)24-12-14-25(15-13-24)28-18-16-26-21-27(32-20-6-4-2)17-19-29(26)30(28)31/h3-4,6,16-19,21-25H,1,5,7-15,20H2,2H3. The van der Waals surface area contributed by atoms with Crippen LogP contribution in [0.25, 0.3) is 10.8 Å². The Balaban J connectivity index is 1.35. The lowest BCUT2D eigenvalue weighted by atomic mass is 9.68. The van der Waals surface area contributed by atoms with Gasteiger partial charge in [0.1, 0.15) is 18.2 Å². The average Bonchev–Trinajstić information content (AvgIpc) is 2.84. The third kappa shape index (κ3) is 5.45. The highest BCUT2D eigenvalue weighted by molar-refractivity contribution is 5.85. The first-order valence-electron chi connectivity index (χ1n) is 12.8. The highest BCUT2D eigenvalue weighted by Crippen LogP contribution is 2.45. The predicted octanol–water partition coefficient (Wildman–Crippen LogP) is 8.98. The molecule has 2 aliphatic rings. The van der Waals surface area contributed by atoms with Crippen molar-refractivity contribution < 1.29 is 9.13 Å². The monoisotopic (exact) mass is 434 g/mol. The third-order valence-corrected chi connectivity index (χ3v) is 8.09. The molecule has 0 spiro atoms. The number of benzene rings is 2. The van der Waals surface area contributed by atoms with Gasteiger partial charge in [-0.3, -0.25) is 0 Å². The summed E-state index contributed by atoms with van der Waals surface area (Å²) in [6.07, 6.45) is 18.9. The van der Waals surface area contributed by atoms with Crippen LogP contribution in [0.2, 0.25) is 0 Å². The van der Waals surface area contributed by atoms with Crippen molar-refractivity contribution in [3.8, 4) is 5.75 Å². The zero-order chi connectivity index (χ0) is 22.3. The van der Waals surface area contributed by atoms with Gasteiger partial charge in [-0.1, -0.05) is 43.2 Å². The molecule has 0 aliphatic heterocycles. The van der Waals surface area contributed by atoms with Gasteiger partial charge in [-0.2, -0.15) is 0 Å². The van der Waals surface area contributed by atoms with Gasteiger partial charge in [0, 0.05) is 5.39 Å². The minimum atomic E-state index is -0.0197. The van der Waals surface area contributed by atoms with E-state index >= 15 is 4.39 Å². The second-order valence-corrected chi connectivity index (χ2v) is 9.99. The van der Waals surface area contributed by atoms with Crippen molar-refractivity contribution in [1.29, 1.82) is 0 Å². The molecule has 0 heterocycles. The minimum absolute atomic E-state index is 0.0197. The number of ether oxygens (including phenoxy) is 1. The van der Waals surface area contributed by atoms with Crippen LogP contribution in [0.4, 0.5) is 4.39 Å². The minimum Gasteiger partial charge on any atom is -0.490 e. The van der Waals surface area contributed by atoms with Crippen molar-refractivity contribution >= 4 is 10.8 Å². The van der Waals surface area contributed by atoms with Crippen molar-refractivity contribution in [1.82, 2.24) is 0 Å². The number of rotatable bonds is 8. The Morgan fingerprint density at radius 2 is 1.69 bits per heavy atom. The van der Waals surface area contributed by atoms with Crippen molar-refractivity contribution in [3.05, 3.63) is 66.5 Å². The summed E-state index contributed by atoms with van der Waals surface area (Å²) in [5.74, 6) is 3.81. The normalized spacial score (nSPS) is 26.4. The summed E-state index contributed by atoms with van der Waals surface area (Å²) < 4.78 is 21.2. The Hall–Kier alpha value is -2.09. The molecule has 0 saturated heterocycles. The molecule has 0 atom stereocenters. The van der Waals surface area contributed by atoms with Crippen LogP contribution in [0.15, 0.2) is 55.1 Å². The number of halogens is 1. The number of allylic oxidation sites excluding steroid dienone is 2. The van der Waals surface area contributed by atoms with Crippen molar-refractivity contribution in [2.45, 2.75) is 77.0 Å². The Bertz CT molecular complexity index is 914. The second-order valence-electron chi connectivity index (χ2n) is 9.99. The zero-order valence-corrected chi connectivity index (χ0v) is 19.7. The van der Waals surface area contributed by atoms with E-state index in [0.717, 1.165) is 52.7 Å². The molecule has 2 heteroatoms. The van der Waals surface area contributed by atoms with E-state index < -0.39 is 0 Å². The molecule has 2 saturated carbocycles. The van der Waals surface area contributed by atoms with E-state index in [0.29, 0.717) is 12.5 Å². The van der Waals surface area contributed by atoms with Crippen LogP contribution in [0.3, 0.4) is 0 Å². The van der Waals surface area contributed by atoms with E-state index in [4.69, 9.17) is 4.74 Å². The van der Waals surface area contributed by atoms with Crippen LogP contribution in [0.1, 0.15) is 82.6 Å². The van der Waals surface area contributed by atoms with Gasteiger partial charge in [0.05, 0.1) is 0 Å². The Kier molecular flexibility index (Phi) is 8.05. The van der Waals surface area contributed by atoms with E-state index in [1.165, 1.54) is 51.4 Å². The molecule has 0 bridgehead atoms. The van der Waals surface area contributed by atoms with Gasteiger partial charge < -0.3 is 4.74 Å². The fourth-order valence-corrected chi connectivity index (χ4v) is 6.14. The Labute approximate surface area is 193 Å². The van der Waals surface area contributed by atoms with Crippen LogP contribution < -0.4 is 4.74 Å². The SMILES string of the molecule is C=CCCC1CCC(C2CCC(c3ccc4cc(OCC=CC)ccc4c3F)CC2)CC1. The molecule has 0 aromatic heterocycles. The second kappa shape index (κ2) is 11.2. The predicted molar refractivity (Wildman–Crippen MR) is 134 cm³/mol. The molecule has 2 aliphatic carbocycles. The summed E-state index contributed by atoms with van der Waals surface area (Å²) >= 11 is 0. The number of hydrogen-bond donors (Lipinski definition) is 0. The van der Waals surface area contributed by atoms with Crippen molar-refractivity contribution in [2.24, 2.45) is 17.8 Å². The summed E-state index contributed by atoms with van der Waals surface area (Å²) in [5, 5.41) is 1.65. The molecule has 0 unspecified atom stereocenters. The molecule has 1 nitrogen and oxygen atoms in total. The van der Waals surface area contributed by atoms with Gasteiger partial charge in [-0.25, -0.2) is 4.39 Å². The molecule has 4 rings (SSSR count). The molecule has 32 heavy (non-hydrogen) atoms. The number of hydrogen-bond acceptors (Lipinski definition) is 1. The topological polar surface area (TPSA) is 9.23 Å². The van der Waals surface area contributed by atoms with E-state index in [-0.39, 0.29) is 5.82 Å².